The summed E-state index contributed by atoms with van der Waals surface area (Å²) in [6.07, 6.45) is 0. The quantitative estimate of drug-likeness (QED) is 0.850. The maximum absolute atomic E-state index is 3.38. The van der Waals surface area contributed by atoms with Crippen LogP contribution in [-0.4, -0.2) is 7.05 Å². The van der Waals surface area contributed by atoms with E-state index in [9.17, 15) is 0 Å². The van der Waals surface area contributed by atoms with Crippen molar-refractivity contribution in [1.29, 1.82) is 0 Å². The molecule has 1 aromatic heterocycles. The Hall–Kier alpha value is -1.12. The van der Waals surface area contributed by atoms with Gasteiger partial charge < -0.3 is 5.32 Å². The van der Waals surface area contributed by atoms with E-state index in [4.69, 9.17) is 0 Å². The Kier molecular flexibility index (Phi) is 3.42. The fourth-order valence-corrected chi connectivity index (χ4v) is 2.73. The van der Waals surface area contributed by atoms with Crippen molar-refractivity contribution in [2.24, 2.45) is 0 Å². The van der Waals surface area contributed by atoms with Gasteiger partial charge in [-0.25, -0.2) is 0 Å². The highest BCUT2D eigenvalue weighted by atomic mass is 32.1. The summed E-state index contributed by atoms with van der Waals surface area (Å²) < 4.78 is 0. The standard InChI is InChI=1S/C14H17NS/c1-10-6-7-12(9-11(10)2)14(15-3)13-5-4-8-16-13/h4-9,14-15H,1-3H3. The van der Waals surface area contributed by atoms with Crippen LogP contribution in [0.1, 0.15) is 27.6 Å². The van der Waals surface area contributed by atoms with Crippen LogP contribution in [0.15, 0.2) is 35.7 Å². The first-order chi connectivity index (χ1) is 7.72. The van der Waals surface area contributed by atoms with Crippen LogP contribution in [0.2, 0.25) is 0 Å². The minimum Gasteiger partial charge on any atom is -0.309 e. The molecule has 2 aromatic rings. The molecule has 0 aliphatic rings. The average molecular weight is 231 g/mol. The van der Waals surface area contributed by atoms with Gasteiger partial charge >= 0.3 is 0 Å². The van der Waals surface area contributed by atoms with Crippen molar-refractivity contribution in [3.05, 3.63) is 57.3 Å². The number of hydrogen-bond donors (Lipinski definition) is 1. The van der Waals surface area contributed by atoms with Gasteiger partial charge in [0.1, 0.15) is 0 Å². The first kappa shape index (κ1) is 11.4. The normalized spacial score (nSPS) is 12.7. The molecule has 2 rings (SSSR count). The van der Waals surface area contributed by atoms with Crippen molar-refractivity contribution in [3.63, 3.8) is 0 Å². The molecule has 1 nitrogen and oxygen atoms in total. The maximum atomic E-state index is 3.38. The Bertz CT molecular complexity index is 460. The van der Waals surface area contributed by atoms with Crippen LogP contribution in [0.3, 0.4) is 0 Å². The molecule has 0 saturated carbocycles. The lowest BCUT2D eigenvalue weighted by molar-refractivity contribution is 0.703. The number of hydrogen-bond acceptors (Lipinski definition) is 2. The molecule has 0 fully saturated rings. The van der Waals surface area contributed by atoms with E-state index in [0.717, 1.165) is 0 Å². The van der Waals surface area contributed by atoms with Gasteiger partial charge in [0.15, 0.2) is 0 Å². The molecule has 0 radical (unpaired) electrons. The number of thiophene rings is 1. The smallest absolute Gasteiger partial charge is 0.0668 e. The topological polar surface area (TPSA) is 12.0 Å². The van der Waals surface area contributed by atoms with E-state index in [-0.39, 0.29) is 0 Å². The molecule has 2 heteroatoms. The molecule has 1 N–H and O–H groups in total. The molecule has 0 amide bonds. The van der Waals surface area contributed by atoms with Crippen LogP contribution in [0.5, 0.6) is 0 Å². The van der Waals surface area contributed by atoms with Gasteiger partial charge in [-0.1, -0.05) is 24.3 Å². The SMILES string of the molecule is CNC(c1ccc(C)c(C)c1)c1cccs1. The van der Waals surface area contributed by atoms with E-state index < -0.39 is 0 Å². The predicted octanol–water partition coefficient (Wildman–Crippen LogP) is 3.67. The number of aryl methyl sites for hydroxylation is 2. The third-order valence-electron chi connectivity index (χ3n) is 2.98. The molecule has 0 aliphatic heterocycles. The monoisotopic (exact) mass is 231 g/mol. The lowest BCUT2D eigenvalue weighted by Gasteiger charge is -2.16. The maximum Gasteiger partial charge on any atom is 0.0668 e. The first-order valence-electron chi connectivity index (χ1n) is 5.50. The fraction of sp³-hybridized carbons (Fsp3) is 0.286. The van der Waals surface area contributed by atoms with Gasteiger partial charge in [0.05, 0.1) is 6.04 Å². The Morgan fingerprint density at radius 1 is 1.12 bits per heavy atom. The lowest BCUT2D eigenvalue weighted by atomic mass is 10.0. The van der Waals surface area contributed by atoms with Gasteiger partial charge in [-0.05, 0) is 49.0 Å². The molecule has 16 heavy (non-hydrogen) atoms. The van der Waals surface area contributed by atoms with E-state index in [1.54, 1.807) is 11.3 Å². The Balaban J connectivity index is 2.37. The minimum absolute atomic E-state index is 0.319. The van der Waals surface area contributed by atoms with Crippen LogP contribution in [0.25, 0.3) is 0 Å². The van der Waals surface area contributed by atoms with Gasteiger partial charge in [-0.3, -0.25) is 0 Å². The van der Waals surface area contributed by atoms with Crippen molar-refractivity contribution in [3.8, 4) is 0 Å². The number of nitrogens with one attached hydrogen (secondary N) is 1. The highest BCUT2D eigenvalue weighted by Gasteiger charge is 2.12. The van der Waals surface area contributed by atoms with Gasteiger partial charge in [0, 0.05) is 4.88 Å². The Morgan fingerprint density at radius 2 is 1.94 bits per heavy atom. The summed E-state index contributed by atoms with van der Waals surface area (Å²) in [5, 5.41) is 5.50. The van der Waals surface area contributed by atoms with Crippen LogP contribution < -0.4 is 5.32 Å². The second-order valence-corrected chi connectivity index (χ2v) is 5.06. The van der Waals surface area contributed by atoms with Crippen LogP contribution >= 0.6 is 11.3 Å². The second-order valence-electron chi connectivity index (χ2n) is 4.08. The van der Waals surface area contributed by atoms with E-state index in [1.165, 1.54) is 21.6 Å². The van der Waals surface area contributed by atoms with Gasteiger partial charge in [-0.2, -0.15) is 0 Å². The summed E-state index contributed by atoms with van der Waals surface area (Å²) in [7, 11) is 2.01. The zero-order valence-electron chi connectivity index (χ0n) is 9.95. The van der Waals surface area contributed by atoms with Crippen LogP contribution in [-0.2, 0) is 0 Å². The third-order valence-corrected chi connectivity index (χ3v) is 3.92. The van der Waals surface area contributed by atoms with Crippen molar-refractivity contribution in [2.75, 3.05) is 7.05 Å². The Morgan fingerprint density at radius 3 is 2.50 bits per heavy atom. The van der Waals surface area contributed by atoms with E-state index in [2.05, 4.69) is 54.9 Å². The minimum atomic E-state index is 0.319. The lowest BCUT2D eigenvalue weighted by Crippen LogP contribution is -2.16. The van der Waals surface area contributed by atoms with Crippen LogP contribution in [0, 0.1) is 13.8 Å². The second kappa shape index (κ2) is 4.81. The molecular weight excluding hydrogens is 214 g/mol. The Labute approximate surface area is 101 Å². The average Bonchev–Trinajstić information content (AvgIpc) is 2.78. The fourth-order valence-electron chi connectivity index (χ4n) is 1.87. The molecule has 84 valence electrons. The van der Waals surface area contributed by atoms with Crippen molar-refractivity contribution >= 4 is 11.3 Å². The van der Waals surface area contributed by atoms with E-state index in [1.807, 2.05) is 7.05 Å². The summed E-state index contributed by atoms with van der Waals surface area (Å²) in [6.45, 7) is 4.32. The summed E-state index contributed by atoms with van der Waals surface area (Å²) in [5.41, 5.74) is 4.05. The summed E-state index contributed by atoms with van der Waals surface area (Å²) >= 11 is 1.80. The molecule has 1 unspecified atom stereocenters. The molecule has 0 aliphatic carbocycles. The third kappa shape index (κ3) is 2.18. The largest absolute Gasteiger partial charge is 0.309 e. The zero-order valence-corrected chi connectivity index (χ0v) is 10.8. The number of rotatable bonds is 3. The first-order valence-corrected chi connectivity index (χ1v) is 6.38. The molecule has 0 saturated heterocycles. The molecular formula is C14H17NS. The molecule has 1 atom stereocenters. The molecule has 1 aromatic carbocycles. The zero-order chi connectivity index (χ0) is 11.5. The van der Waals surface area contributed by atoms with Crippen molar-refractivity contribution in [1.82, 2.24) is 5.32 Å². The molecule has 1 heterocycles. The van der Waals surface area contributed by atoms with Crippen molar-refractivity contribution in [2.45, 2.75) is 19.9 Å². The predicted molar refractivity (Wildman–Crippen MR) is 71.1 cm³/mol. The highest BCUT2D eigenvalue weighted by Crippen LogP contribution is 2.26. The molecule has 0 spiro atoms. The van der Waals surface area contributed by atoms with Gasteiger partial charge in [0.2, 0.25) is 0 Å². The van der Waals surface area contributed by atoms with Crippen molar-refractivity contribution < 1.29 is 0 Å². The number of benzene rings is 1. The van der Waals surface area contributed by atoms with Crippen LogP contribution in [0.4, 0.5) is 0 Å². The summed E-state index contributed by atoms with van der Waals surface area (Å²) in [6, 6.07) is 11.3. The van der Waals surface area contributed by atoms with E-state index >= 15 is 0 Å². The summed E-state index contributed by atoms with van der Waals surface area (Å²) in [4.78, 5) is 1.37. The van der Waals surface area contributed by atoms with Gasteiger partial charge in [-0.15, -0.1) is 11.3 Å². The van der Waals surface area contributed by atoms with E-state index in [0.29, 0.717) is 6.04 Å². The summed E-state index contributed by atoms with van der Waals surface area (Å²) in [5.74, 6) is 0. The van der Waals surface area contributed by atoms with Gasteiger partial charge in [0.25, 0.3) is 0 Å². The molecule has 0 bridgehead atoms. The highest BCUT2D eigenvalue weighted by molar-refractivity contribution is 7.10.